The maximum atomic E-state index is 2.50. The predicted octanol–water partition coefficient (Wildman–Crippen LogP) is 4.99. The van der Waals surface area contributed by atoms with Gasteiger partial charge in [-0.25, -0.2) is 0 Å². The molecule has 0 amide bonds. The average Bonchev–Trinajstić information content (AvgIpc) is 2.10. The van der Waals surface area contributed by atoms with Gasteiger partial charge in [-0.05, 0) is 32.6 Å². The Morgan fingerprint density at radius 3 is 2.15 bits per heavy atom. The van der Waals surface area contributed by atoms with Crippen molar-refractivity contribution in [1.29, 1.82) is 0 Å². The lowest BCUT2D eigenvalue weighted by molar-refractivity contribution is 0.786. The third-order valence-corrected chi connectivity index (χ3v) is 3.85. The number of allylic oxidation sites excluding steroid dienone is 2. The highest BCUT2D eigenvalue weighted by Gasteiger charge is 2.00. The van der Waals surface area contributed by atoms with Gasteiger partial charge in [-0.15, -0.1) is 0 Å². The second kappa shape index (κ2) is 8.75. The van der Waals surface area contributed by atoms with E-state index in [0.29, 0.717) is 0 Å². The van der Waals surface area contributed by atoms with Crippen LogP contribution in [0.1, 0.15) is 52.4 Å². The van der Waals surface area contributed by atoms with Gasteiger partial charge in [0, 0.05) is 0 Å². The Hall–Kier alpha value is 0.170. The van der Waals surface area contributed by atoms with Crippen LogP contribution >= 0.6 is 7.92 Å². The molecule has 0 fully saturated rings. The van der Waals surface area contributed by atoms with Gasteiger partial charge in [-0.1, -0.05) is 52.4 Å². The van der Waals surface area contributed by atoms with Crippen LogP contribution in [-0.4, -0.2) is 13.3 Å². The van der Waals surface area contributed by atoms with Crippen LogP contribution in [0.15, 0.2) is 11.4 Å². The van der Waals surface area contributed by atoms with Gasteiger partial charge in [-0.3, -0.25) is 0 Å². The third-order valence-electron chi connectivity index (χ3n) is 2.30. The van der Waals surface area contributed by atoms with Gasteiger partial charge in [0.15, 0.2) is 0 Å². The van der Waals surface area contributed by atoms with E-state index in [4.69, 9.17) is 0 Å². The molecule has 0 heterocycles. The molecule has 0 radical (unpaired) electrons. The first-order valence-corrected chi connectivity index (χ1v) is 7.82. The van der Waals surface area contributed by atoms with E-state index < -0.39 is 0 Å². The van der Waals surface area contributed by atoms with Crippen LogP contribution in [0.25, 0.3) is 0 Å². The molecule has 0 N–H and O–H groups in total. The standard InChI is InChI=1S/C12H25P/c1-5-7-9-11-12(13(3)4)10-8-6-2/h11H,5-10H2,1-4H3. The van der Waals surface area contributed by atoms with E-state index in [2.05, 4.69) is 33.3 Å². The minimum Gasteiger partial charge on any atom is -0.0865 e. The lowest BCUT2D eigenvalue weighted by Crippen LogP contribution is -1.82. The Labute approximate surface area is 85.6 Å². The zero-order valence-electron chi connectivity index (χ0n) is 9.77. The largest absolute Gasteiger partial charge is 0.0865 e. The van der Waals surface area contributed by atoms with Crippen molar-refractivity contribution in [3.8, 4) is 0 Å². The monoisotopic (exact) mass is 200 g/mol. The molecular formula is C12H25P. The highest BCUT2D eigenvalue weighted by atomic mass is 31.1. The number of hydrogen-bond acceptors (Lipinski definition) is 0. The first-order chi connectivity index (χ1) is 6.22. The molecule has 0 aliphatic rings. The van der Waals surface area contributed by atoms with Crippen molar-refractivity contribution in [2.24, 2.45) is 0 Å². The molecule has 0 saturated carbocycles. The summed E-state index contributed by atoms with van der Waals surface area (Å²) in [7, 11) is 0.169. The zero-order valence-corrected chi connectivity index (χ0v) is 10.7. The molecule has 13 heavy (non-hydrogen) atoms. The summed E-state index contributed by atoms with van der Waals surface area (Å²) in [6.45, 7) is 9.29. The molecule has 0 atom stereocenters. The van der Waals surface area contributed by atoms with Gasteiger partial charge in [0.05, 0.1) is 0 Å². The molecule has 0 aromatic carbocycles. The van der Waals surface area contributed by atoms with Gasteiger partial charge in [0.25, 0.3) is 0 Å². The SMILES string of the molecule is CCCCC=C(CCCC)P(C)C. The van der Waals surface area contributed by atoms with Gasteiger partial charge >= 0.3 is 0 Å². The van der Waals surface area contributed by atoms with Crippen LogP contribution in [0.2, 0.25) is 0 Å². The molecule has 0 aliphatic carbocycles. The van der Waals surface area contributed by atoms with E-state index >= 15 is 0 Å². The highest BCUT2D eigenvalue weighted by molar-refractivity contribution is 7.60. The molecule has 1 heteroatoms. The van der Waals surface area contributed by atoms with Crippen LogP contribution < -0.4 is 0 Å². The summed E-state index contributed by atoms with van der Waals surface area (Å²) in [5, 5.41) is 1.74. The van der Waals surface area contributed by atoms with Crippen molar-refractivity contribution in [3.05, 3.63) is 11.4 Å². The fourth-order valence-electron chi connectivity index (χ4n) is 1.34. The van der Waals surface area contributed by atoms with Crippen LogP contribution in [-0.2, 0) is 0 Å². The van der Waals surface area contributed by atoms with Crippen LogP contribution in [0.5, 0.6) is 0 Å². The number of rotatable bonds is 7. The summed E-state index contributed by atoms with van der Waals surface area (Å²) in [4.78, 5) is 0. The summed E-state index contributed by atoms with van der Waals surface area (Å²) in [5.41, 5.74) is 0. The van der Waals surface area contributed by atoms with Gasteiger partial charge < -0.3 is 0 Å². The van der Waals surface area contributed by atoms with Gasteiger partial charge in [0.1, 0.15) is 0 Å². The van der Waals surface area contributed by atoms with E-state index in [-0.39, 0.29) is 7.92 Å². The van der Waals surface area contributed by atoms with Crippen LogP contribution in [0.3, 0.4) is 0 Å². The zero-order chi connectivity index (χ0) is 10.1. The van der Waals surface area contributed by atoms with Crippen molar-refractivity contribution in [3.63, 3.8) is 0 Å². The summed E-state index contributed by atoms with van der Waals surface area (Å²) in [6.07, 6.45) is 10.5. The van der Waals surface area contributed by atoms with E-state index in [1.807, 2.05) is 0 Å². The Bertz CT molecular complexity index is 136. The van der Waals surface area contributed by atoms with Crippen LogP contribution in [0.4, 0.5) is 0 Å². The molecule has 0 unspecified atom stereocenters. The molecule has 0 aromatic heterocycles. The van der Waals surface area contributed by atoms with Crippen molar-refractivity contribution >= 4 is 7.92 Å². The molecule has 0 bridgehead atoms. The van der Waals surface area contributed by atoms with Crippen molar-refractivity contribution < 1.29 is 0 Å². The quantitative estimate of drug-likeness (QED) is 0.401. The van der Waals surface area contributed by atoms with E-state index in [1.54, 1.807) is 5.31 Å². The molecule has 0 saturated heterocycles. The van der Waals surface area contributed by atoms with E-state index in [1.165, 1.54) is 38.5 Å². The van der Waals surface area contributed by atoms with E-state index in [0.717, 1.165) is 0 Å². The minimum atomic E-state index is 0.169. The van der Waals surface area contributed by atoms with Crippen molar-refractivity contribution in [2.75, 3.05) is 13.3 Å². The fraction of sp³-hybridized carbons (Fsp3) is 0.833. The Morgan fingerprint density at radius 2 is 1.69 bits per heavy atom. The molecule has 0 rings (SSSR count). The third kappa shape index (κ3) is 7.26. The molecule has 0 nitrogen and oxygen atoms in total. The first kappa shape index (κ1) is 13.2. The summed E-state index contributed by atoms with van der Waals surface area (Å²) < 4.78 is 0. The number of hydrogen-bond donors (Lipinski definition) is 0. The summed E-state index contributed by atoms with van der Waals surface area (Å²) >= 11 is 0. The highest BCUT2D eigenvalue weighted by Crippen LogP contribution is 2.39. The molecular weight excluding hydrogens is 175 g/mol. The Kier molecular flexibility index (Phi) is 8.87. The second-order valence-corrected chi connectivity index (χ2v) is 6.20. The Balaban J connectivity index is 3.84. The molecule has 0 spiro atoms. The van der Waals surface area contributed by atoms with Crippen molar-refractivity contribution in [2.45, 2.75) is 52.4 Å². The Morgan fingerprint density at radius 1 is 1.08 bits per heavy atom. The molecule has 0 aromatic rings. The average molecular weight is 200 g/mol. The first-order valence-electron chi connectivity index (χ1n) is 5.58. The minimum absolute atomic E-state index is 0.169. The lowest BCUT2D eigenvalue weighted by atomic mass is 10.2. The lowest BCUT2D eigenvalue weighted by Gasteiger charge is -2.11. The predicted molar refractivity (Wildman–Crippen MR) is 65.9 cm³/mol. The molecule has 78 valence electrons. The summed E-state index contributed by atoms with van der Waals surface area (Å²) in [5.74, 6) is 0. The topological polar surface area (TPSA) is 0 Å². The maximum Gasteiger partial charge on any atom is -0.0278 e. The smallest absolute Gasteiger partial charge is 0.0278 e. The van der Waals surface area contributed by atoms with Gasteiger partial charge in [-0.2, -0.15) is 0 Å². The van der Waals surface area contributed by atoms with Crippen LogP contribution in [0, 0.1) is 0 Å². The molecule has 0 aliphatic heterocycles. The van der Waals surface area contributed by atoms with Crippen molar-refractivity contribution in [1.82, 2.24) is 0 Å². The fourth-order valence-corrected chi connectivity index (χ4v) is 2.44. The maximum absolute atomic E-state index is 2.50. The van der Waals surface area contributed by atoms with Gasteiger partial charge in [0.2, 0.25) is 0 Å². The second-order valence-electron chi connectivity index (χ2n) is 3.84. The summed E-state index contributed by atoms with van der Waals surface area (Å²) in [6, 6.07) is 0. The van der Waals surface area contributed by atoms with E-state index in [9.17, 15) is 0 Å². The number of unbranched alkanes of at least 4 members (excludes halogenated alkanes) is 3. The normalized spacial score (nSPS) is 12.5.